The lowest BCUT2D eigenvalue weighted by Gasteiger charge is -2.15. The summed E-state index contributed by atoms with van der Waals surface area (Å²) in [6.45, 7) is 0. The fourth-order valence-electron chi connectivity index (χ4n) is 1.42. The van der Waals surface area contributed by atoms with Gasteiger partial charge in [0, 0.05) is 21.2 Å². The number of aromatic nitrogens is 1. The van der Waals surface area contributed by atoms with Gasteiger partial charge in [-0.2, -0.15) is 0 Å². The highest BCUT2D eigenvalue weighted by molar-refractivity contribution is 9.11. The molecule has 1 unspecified atom stereocenters. The predicted molar refractivity (Wildman–Crippen MR) is 67.7 cm³/mol. The van der Waals surface area contributed by atoms with E-state index in [0.29, 0.717) is 11.7 Å². The molecule has 0 spiro atoms. The smallest absolute Gasteiger partial charge is 0.240 e. The summed E-state index contributed by atoms with van der Waals surface area (Å²) in [7, 11) is 0. The molecule has 1 aromatic heterocycles. The molecule has 4 nitrogen and oxygen atoms in total. The Hall–Kier alpha value is -0.460. The van der Waals surface area contributed by atoms with Crippen molar-refractivity contribution in [3.05, 3.63) is 26.9 Å². The lowest BCUT2D eigenvalue weighted by Crippen LogP contribution is -2.35. The highest BCUT2D eigenvalue weighted by Gasteiger charge is 2.30. The van der Waals surface area contributed by atoms with Gasteiger partial charge in [-0.1, -0.05) is 0 Å². The van der Waals surface area contributed by atoms with Gasteiger partial charge < -0.3 is 5.73 Å². The number of nitrogens with two attached hydrogens (primary N) is 1. The highest BCUT2D eigenvalue weighted by atomic mass is 79.9. The molecule has 6 heteroatoms. The van der Waals surface area contributed by atoms with Crippen molar-refractivity contribution in [3.8, 4) is 0 Å². The van der Waals surface area contributed by atoms with Crippen LogP contribution in [-0.4, -0.2) is 16.9 Å². The Labute approximate surface area is 110 Å². The molecule has 2 rings (SSSR count). The third kappa shape index (κ3) is 2.81. The fraction of sp³-hybridized carbons (Fsp3) is 0.400. The van der Waals surface area contributed by atoms with Crippen LogP contribution in [0, 0.1) is 0 Å². The first-order valence-corrected chi connectivity index (χ1v) is 6.53. The van der Waals surface area contributed by atoms with Gasteiger partial charge >= 0.3 is 0 Å². The zero-order valence-corrected chi connectivity index (χ0v) is 11.6. The SMILES string of the molecule is NC(=O)C(NC1CC1)c1ncc(Br)cc1Br. The van der Waals surface area contributed by atoms with Gasteiger partial charge in [0.05, 0.1) is 5.69 Å². The average molecular weight is 349 g/mol. The molecule has 3 N–H and O–H groups in total. The number of carbonyl (C=O) groups is 1. The van der Waals surface area contributed by atoms with Gasteiger partial charge in [0.1, 0.15) is 6.04 Å². The molecule has 1 saturated carbocycles. The van der Waals surface area contributed by atoms with E-state index < -0.39 is 11.9 Å². The minimum Gasteiger partial charge on any atom is -0.368 e. The van der Waals surface area contributed by atoms with E-state index in [9.17, 15) is 4.79 Å². The molecule has 1 aromatic rings. The summed E-state index contributed by atoms with van der Waals surface area (Å²) >= 11 is 6.70. The molecule has 0 aliphatic heterocycles. The predicted octanol–water partition coefficient (Wildman–Crippen LogP) is 1.88. The molecular formula is C10H11Br2N3O. The van der Waals surface area contributed by atoms with E-state index in [1.807, 2.05) is 6.07 Å². The standard InChI is InChI=1S/C10H11Br2N3O/c11-5-3-7(12)8(14-4-5)9(10(13)16)15-6-1-2-6/h3-4,6,9,15H,1-2H2,(H2,13,16). The van der Waals surface area contributed by atoms with Gasteiger partial charge in [-0.05, 0) is 50.8 Å². The van der Waals surface area contributed by atoms with E-state index in [4.69, 9.17) is 5.73 Å². The van der Waals surface area contributed by atoms with Crippen LogP contribution in [-0.2, 0) is 4.79 Å². The number of hydrogen-bond acceptors (Lipinski definition) is 3. The average Bonchev–Trinajstić information content (AvgIpc) is 2.98. The Bertz CT molecular complexity index is 421. The summed E-state index contributed by atoms with van der Waals surface area (Å²) in [5.74, 6) is -0.401. The Morgan fingerprint density at radius 3 is 2.75 bits per heavy atom. The monoisotopic (exact) mass is 347 g/mol. The van der Waals surface area contributed by atoms with Crippen molar-refractivity contribution in [2.75, 3.05) is 0 Å². The van der Waals surface area contributed by atoms with Gasteiger partial charge in [-0.15, -0.1) is 0 Å². The van der Waals surface area contributed by atoms with E-state index in [1.165, 1.54) is 0 Å². The second kappa shape index (κ2) is 4.81. The van der Waals surface area contributed by atoms with Crippen LogP contribution in [0.2, 0.25) is 0 Å². The largest absolute Gasteiger partial charge is 0.368 e. The normalized spacial score (nSPS) is 17.1. The number of carbonyl (C=O) groups excluding carboxylic acids is 1. The summed E-state index contributed by atoms with van der Waals surface area (Å²) in [5.41, 5.74) is 6.02. The second-order valence-electron chi connectivity index (χ2n) is 3.80. The Morgan fingerprint density at radius 2 is 2.25 bits per heavy atom. The quantitative estimate of drug-likeness (QED) is 0.873. The summed E-state index contributed by atoms with van der Waals surface area (Å²) in [5, 5.41) is 3.18. The van der Waals surface area contributed by atoms with Gasteiger partial charge in [0.15, 0.2) is 0 Å². The summed E-state index contributed by atoms with van der Waals surface area (Å²) in [4.78, 5) is 15.6. The van der Waals surface area contributed by atoms with Crippen LogP contribution in [0.5, 0.6) is 0 Å². The molecule has 1 heterocycles. The van der Waals surface area contributed by atoms with Crippen molar-refractivity contribution in [1.82, 2.24) is 10.3 Å². The van der Waals surface area contributed by atoms with Crippen molar-refractivity contribution >= 4 is 37.8 Å². The van der Waals surface area contributed by atoms with Crippen LogP contribution in [0.15, 0.2) is 21.2 Å². The molecule has 86 valence electrons. The molecule has 1 atom stereocenters. The van der Waals surface area contributed by atoms with E-state index in [2.05, 4.69) is 42.2 Å². The molecule has 0 aromatic carbocycles. The summed E-state index contributed by atoms with van der Waals surface area (Å²) in [6, 6.07) is 1.73. The molecule has 1 fully saturated rings. The first-order valence-electron chi connectivity index (χ1n) is 4.94. The van der Waals surface area contributed by atoms with Gasteiger partial charge in [0.25, 0.3) is 0 Å². The number of nitrogens with one attached hydrogen (secondary N) is 1. The second-order valence-corrected chi connectivity index (χ2v) is 5.57. The third-order valence-corrected chi connectivity index (χ3v) is 3.44. The molecule has 1 amide bonds. The van der Waals surface area contributed by atoms with Crippen LogP contribution >= 0.6 is 31.9 Å². The zero-order chi connectivity index (χ0) is 11.7. The molecule has 1 aliphatic rings. The minimum atomic E-state index is -0.519. The van der Waals surface area contributed by atoms with Crippen LogP contribution < -0.4 is 11.1 Å². The molecule has 0 saturated heterocycles. The Balaban J connectivity index is 2.26. The van der Waals surface area contributed by atoms with Crippen molar-refractivity contribution in [3.63, 3.8) is 0 Å². The topological polar surface area (TPSA) is 68.0 Å². The summed E-state index contributed by atoms with van der Waals surface area (Å²) < 4.78 is 1.64. The van der Waals surface area contributed by atoms with Crippen molar-refractivity contribution < 1.29 is 4.79 Å². The third-order valence-electron chi connectivity index (χ3n) is 2.37. The van der Waals surface area contributed by atoms with Gasteiger partial charge in [-0.3, -0.25) is 15.1 Å². The number of rotatable bonds is 4. The van der Waals surface area contributed by atoms with Crippen LogP contribution in [0.25, 0.3) is 0 Å². The van der Waals surface area contributed by atoms with Crippen LogP contribution in [0.3, 0.4) is 0 Å². The van der Waals surface area contributed by atoms with Gasteiger partial charge in [0.2, 0.25) is 5.91 Å². The highest BCUT2D eigenvalue weighted by Crippen LogP contribution is 2.28. The Kier molecular flexibility index (Phi) is 3.61. The lowest BCUT2D eigenvalue weighted by molar-refractivity contribution is -0.120. The number of hydrogen-bond donors (Lipinski definition) is 2. The number of halogens is 2. The molecule has 0 bridgehead atoms. The van der Waals surface area contributed by atoms with E-state index in [0.717, 1.165) is 21.8 Å². The number of nitrogens with zero attached hydrogens (tertiary/aromatic N) is 1. The fourth-order valence-corrected chi connectivity index (χ4v) is 2.64. The first kappa shape index (κ1) is 12.0. The molecular weight excluding hydrogens is 338 g/mol. The Morgan fingerprint density at radius 1 is 1.56 bits per heavy atom. The maximum Gasteiger partial charge on any atom is 0.240 e. The summed E-state index contributed by atoms with van der Waals surface area (Å²) in [6.07, 6.45) is 3.85. The first-order chi connectivity index (χ1) is 7.58. The molecule has 0 radical (unpaired) electrons. The van der Waals surface area contributed by atoms with Crippen molar-refractivity contribution in [2.24, 2.45) is 5.73 Å². The number of amides is 1. The van der Waals surface area contributed by atoms with E-state index in [1.54, 1.807) is 6.20 Å². The van der Waals surface area contributed by atoms with Gasteiger partial charge in [-0.25, -0.2) is 0 Å². The molecule has 16 heavy (non-hydrogen) atoms. The molecule has 1 aliphatic carbocycles. The maximum absolute atomic E-state index is 11.4. The van der Waals surface area contributed by atoms with Crippen molar-refractivity contribution in [1.29, 1.82) is 0 Å². The van der Waals surface area contributed by atoms with Crippen LogP contribution in [0.4, 0.5) is 0 Å². The number of pyridine rings is 1. The van der Waals surface area contributed by atoms with Crippen molar-refractivity contribution in [2.45, 2.75) is 24.9 Å². The maximum atomic E-state index is 11.4. The van der Waals surface area contributed by atoms with Crippen LogP contribution in [0.1, 0.15) is 24.6 Å². The van der Waals surface area contributed by atoms with E-state index in [-0.39, 0.29) is 0 Å². The minimum absolute atomic E-state index is 0.398. The zero-order valence-electron chi connectivity index (χ0n) is 8.41. The van der Waals surface area contributed by atoms with E-state index >= 15 is 0 Å². The lowest BCUT2D eigenvalue weighted by atomic mass is 10.1. The number of primary amides is 1.